The SMILES string of the molecule is Oc1ccccc1.[Br][Zr]([Br])[Br]. The van der Waals surface area contributed by atoms with E-state index in [4.69, 9.17) is 5.11 Å². The second-order valence-corrected chi connectivity index (χ2v) is 35.6. The Morgan fingerprint density at radius 2 is 1.36 bits per heavy atom. The van der Waals surface area contributed by atoms with Gasteiger partial charge in [-0.25, -0.2) is 0 Å². The van der Waals surface area contributed by atoms with Gasteiger partial charge in [-0.3, -0.25) is 0 Å². The van der Waals surface area contributed by atoms with Crippen molar-refractivity contribution >= 4 is 36.7 Å². The van der Waals surface area contributed by atoms with Crippen LogP contribution in [-0.2, 0) is 14.7 Å². The summed E-state index contributed by atoms with van der Waals surface area (Å²) in [5, 5.41) is 8.63. The third-order valence-corrected chi connectivity index (χ3v) is 0.756. The van der Waals surface area contributed by atoms with E-state index in [2.05, 4.69) is 36.7 Å². The number of halogens is 3. The van der Waals surface area contributed by atoms with Crippen molar-refractivity contribution < 1.29 is 19.8 Å². The first-order chi connectivity index (χ1) is 5.13. The van der Waals surface area contributed by atoms with E-state index in [1.807, 2.05) is 6.07 Å². The number of benzene rings is 1. The molecule has 0 bridgehead atoms. The van der Waals surface area contributed by atoms with Crippen LogP contribution >= 0.6 is 36.7 Å². The van der Waals surface area contributed by atoms with Crippen molar-refractivity contribution in [3.8, 4) is 5.75 Å². The Kier molecular flexibility index (Phi) is 8.94. The Morgan fingerprint density at radius 3 is 1.55 bits per heavy atom. The average Bonchev–Trinajstić information content (AvgIpc) is 1.87. The van der Waals surface area contributed by atoms with Crippen LogP contribution in [0.1, 0.15) is 0 Å². The van der Waals surface area contributed by atoms with Gasteiger partial charge in [0.1, 0.15) is 5.75 Å². The molecule has 0 spiro atoms. The van der Waals surface area contributed by atoms with Gasteiger partial charge in [0, 0.05) is 0 Å². The molecule has 0 aromatic heterocycles. The van der Waals surface area contributed by atoms with Crippen molar-refractivity contribution in [2.24, 2.45) is 0 Å². The minimum atomic E-state index is -1.11. The predicted octanol–water partition coefficient (Wildman–Crippen LogP) is 3.93. The van der Waals surface area contributed by atoms with Crippen LogP contribution in [0.15, 0.2) is 30.3 Å². The molecule has 1 aromatic carbocycles. The molecule has 1 aromatic rings. The van der Waals surface area contributed by atoms with E-state index in [1.165, 1.54) is 0 Å². The van der Waals surface area contributed by atoms with E-state index in [9.17, 15) is 0 Å². The summed E-state index contributed by atoms with van der Waals surface area (Å²) >= 11 is 8.80. The van der Waals surface area contributed by atoms with Crippen molar-refractivity contribution in [3.63, 3.8) is 0 Å². The molecule has 1 rings (SSSR count). The molecule has 0 unspecified atom stereocenters. The van der Waals surface area contributed by atoms with Gasteiger partial charge in [0.15, 0.2) is 0 Å². The topological polar surface area (TPSA) is 20.2 Å². The molecule has 1 nitrogen and oxygen atoms in total. The average molecular weight is 425 g/mol. The molecule has 11 heavy (non-hydrogen) atoms. The zero-order valence-corrected chi connectivity index (χ0v) is 12.7. The molecule has 0 aliphatic carbocycles. The zero-order chi connectivity index (χ0) is 8.69. The molecule has 0 aliphatic heterocycles. The number of rotatable bonds is 0. The van der Waals surface area contributed by atoms with Gasteiger partial charge in [-0.15, -0.1) is 0 Å². The van der Waals surface area contributed by atoms with Crippen LogP contribution < -0.4 is 0 Å². The first-order valence-corrected chi connectivity index (χ1v) is 19.6. The number of phenols is 1. The molecule has 1 N–H and O–H groups in total. The second kappa shape index (κ2) is 7.96. The third-order valence-electron chi connectivity index (χ3n) is 0.756. The molecular formula is C6H6Br3OZr. The van der Waals surface area contributed by atoms with Crippen LogP contribution in [0, 0.1) is 0 Å². The molecule has 0 radical (unpaired) electrons. The summed E-state index contributed by atoms with van der Waals surface area (Å²) in [6.07, 6.45) is 0. The summed E-state index contributed by atoms with van der Waals surface area (Å²) in [7, 11) is 0. The van der Waals surface area contributed by atoms with E-state index >= 15 is 0 Å². The second-order valence-electron chi connectivity index (χ2n) is 1.55. The predicted molar refractivity (Wildman–Crippen MR) is 54.9 cm³/mol. The summed E-state index contributed by atoms with van der Waals surface area (Å²) in [4.78, 5) is 0. The van der Waals surface area contributed by atoms with Crippen molar-refractivity contribution in [2.45, 2.75) is 0 Å². The van der Waals surface area contributed by atoms with Crippen LogP contribution in [0.5, 0.6) is 5.75 Å². The minimum absolute atomic E-state index is 0.322. The first kappa shape index (κ1) is 12.3. The van der Waals surface area contributed by atoms with Crippen LogP contribution in [0.3, 0.4) is 0 Å². The summed E-state index contributed by atoms with van der Waals surface area (Å²) in [5.41, 5.74) is 0. The van der Waals surface area contributed by atoms with Gasteiger partial charge in [-0.2, -0.15) is 0 Å². The van der Waals surface area contributed by atoms with Crippen molar-refractivity contribution in [3.05, 3.63) is 30.3 Å². The number of hydrogen-bond acceptors (Lipinski definition) is 1. The van der Waals surface area contributed by atoms with Crippen LogP contribution in [0.2, 0.25) is 0 Å². The Bertz CT molecular complexity index is 178. The number of hydrogen-bond donors (Lipinski definition) is 1. The van der Waals surface area contributed by atoms with E-state index in [1.54, 1.807) is 24.3 Å². The summed E-state index contributed by atoms with van der Waals surface area (Å²) in [5.74, 6) is 0.322. The molecule has 5 heteroatoms. The summed E-state index contributed by atoms with van der Waals surface area (Å²) < 4.78 is 0. The Hall–Kier alpha value is 1.34. The standard InChI is InChI=1S/C6H6O.3BrH.Zr/c7-6-4-2-1-3-5-6;;;;/h1-5,7H;3*1H;/q;;;;+3/p-3. The first-order valence-electron chi connectivity index (χ1n) is 2.70. The zero-order valence-electron chi connectivity index (χ0n) is 5.47. The molecule has 0 saturated carbocycles. The Morgan fingerprint density at radius 1 is 1.00 bits per heavy atom. The van der Waals surface area contributed by atoms with Crippen molar-refractivity contribution in [1.29, 1.82) is 0 Å². The van der Waals surface area contributed by atoms with Crippen LogP contribution in [0.25, 0.3) is 0 Å². The normalized spacial score (nSPS) is 7.91. The molecule has 61 valence electrons. The number of phenolic OH excluding ortho intramolecular Hbond substituents is 1. The molecule has 0 atom stereocenters. The summed E-state index contributed by atoms with van der Waals surface area (Å²) in [6.45, 7) is 0. The molecular weight excluding hydrogens is 419 g/mol. The van der Waals surface area contributed by atoms with Gasteiger partial charge in [-0.05, 0) is 12.1 Å². The quantitative estimate of drug-likeness (QED) is 0.669. The van der Waals surface area contributed by atoms with Crippen molar-refractivity contribution in [1.82, 2.24) is 0 Å². The maximum absolute atomic E-state index is 8.63. The Balaban J connectivity index is 0.000000218. The van der Waals surface area contributed by atoms with Crippen LogP contribution in [-0.4, -0.2) is 5.11 Å². The molecule has 0 fully saturated rings. The van der Waals surface area contributed by atoms with Gasteiger partial charge in [0.25, 0.3) is 0 Å². The van der Waals surface area contributed by atoms with Crippen LogP contribution in [0.4, 0.5) is 0 Å². The number of aromatic hydroxyl groups is 1. The fraction of sp³-hybridized carbons (Fsp3) is 0. The molecule has 0 heterocycles. The van der Waals surface area contributed by atoms with Crippen molar-refractivity contribution in [2.75, 3.05) is 0 Å². The van der Waals surface area contributed by atoms with E-state index < -0.39 is 14.7 Å². The maximum atomic E-state index is 8.63. The van der Waals surface area contributed by atoms with Gasteiger partial charge in [-0.1, -0.05) is 18.2 Å². The van der Waals surface area contributed by atoms with Gasteiger partial charge < -0.3 is 5.11 Å². The van der Waals surface area contributed by atoms with Gasteiger partial charge >= 0.3 is 51.4 Å². The van der Waals surface area contributed by atoms with E-state index in [-0.39, 0.29) is 0 Å². The molecule has 0 aliphatic rings. The fourth-order valence-electron chi connectivity index (χ4n) is 0.428. The van der Waals surface area contributed by atoms with Gasteiger partial charge in [0.2, 0.25) is 0 Å². The Labute approximate surface area is 91.2 Å². The number of para-hydroxylation sites is 1. The monoisotopic (exact) mass is 421 g/mol. The van der Waals surface area contributed by atoms with E-state index in [0.717, 1.165) is 0 Å². The van der Waals surface area contributed by atoms with E-state index in [0.29, 0.717) is 5.75 Å². The molecule has 0 saturated heterocycles. The molecule has 0 amide bonds. The fourth-order valence-corrected chi connectivity index (χ4v) is 0.428. The third kappa shape index (κ3) is 11.3. The summed E-state index contributed by atoms with van der Waals surface area (Å²) in [6, 6.07) is 8.71. The van der Waals surface area contributed by atoms with Gasteiger partial charge in [0.05, 0.1) is 0 Å².